The molecule has 0 spiro atoms. The van der Waals surface area contributed by atoms with Gasteiger partial charge in [-0.1, -0.05) is 44.0 Å². The van der Waals surface area contributed by atoms with Crippen LogP contribution in [0.5, 0.6) is 0 Å². The predicted octanol–water partition coefficient (Wildman–Crippen LogP) is -1.90. The minimum absolute atomic E-state index is 0. The summed E-state index contributed by atoms with van der Waals surface area (Å²) in [7, 11) is 0. The van der Waals surface area contributed by atoms with Crippen molar-refractivity contribution in [2.45, 2.75) is 13.8 Å². The van der Waals surface area contributed by atoms with Crippen molar-refractivity contribution in [3.63, 3.8) is 0 Å². The second-order valence-corrected chi connectivity index (χ2v) is 4.32. The molecule has 1 unspecified atom stereocenters. The summed E-state index contributed by atoms with van der Waals surface area (Å²) in [6.07, 6.45) is 5.57. The van der Waals surface area contributed by atoms with Gasteiger partial charge >= 0.3 is 27.5 Å². The molecular weight excluding hydrogens is 374 g/mol. The Kier molecular flexibility index (Phi) is 8.50. The molecule has 0 amide bonds. The van der Waals surface area contributed by atoms with Crippen molar-refractivity contribution >= 4 is 16.5 Å². The van der Waals surface area contributed by atoms with E-state index < -0.39 is 0 Å². The van der Waals surface area contributed by atoms with E-state index in [9.17, 15) is 0 Å². The normalized spacial score (nSPS) is 16.3. The first-order chi connectivity index (χ1) is 8.74. The number of rotatable bonds is 1. The van der Waals surface area contributed by atoms with Crippen molar-refractivity contribution in [3.05, 3.63) is 53.8 Å². The monoisotopic (exact) mass is 385 g/mol. The van der Waals surface area contributed by atoms with Crippen LogP contribution in [0.1, 0.15) is 19.6 Å². The predicted molar refractivity (Wildman–Crippen MR) is 66.5 cm³/mol. The number of allylic oxidation sites excluding steroid dienone is 4. The molecule has 1 aliphatic rings. The Morgan fingerprint density at radius 3 is 2.40 bits per heavy atom. The third-order valence-corrected chi connectivity index (χ3v) is 3.12. The van der Waals surface area contributed by atoms with E-state index in [0.29, 0.717) is 30.6 Å². The van der Waals surface area contributed by atoms with Crippen LogP contribution in [-0.4, -0.2) is 0 Å². The zero-order valence-corrected chi connectivity index (χ0v) is 15.1. The molecule has 2 aromatic rings. The number of fused-ring (bicyclic) bond motifs is 1. The first-order valence-corrected chi connectivity index (χ1v) is 6.75. The molecule has 0 radical (unpaired) electrons. The molecule has 3 rings (SSSR count). The van der Waals surface area contributed by atoms with Gasteiger partial charge in [0.1, 0.15) is 5.58 Å². The van der Waals surface area contributed by atoms with Gasteiger partial charge in [0.25, 0.3) is 0 Å². The van der Waals surface area contributed by atoms with Gasteiger partial charge in [-0.3, -0.25) is 0 Å². The third kappa shape index (κ3) is 4.00. The van der Waals surface area contributed by atoms with E-state index in [1.165, 1.54) is 5.57 Å². The van der Waals surface area contributed by atoms with E-state index >= 15 is 0 Å². The summed E-state index contributed by atoms with van der Waals surface area (Å²) < 4.78 is 14.1. The minimum atomic E-state index is 0. The Hall–Kier alpha value is -0.497. The molecule has 1 aromatic carbocycles. The SMILES string of the molecule is CC1=CC(c2cc3ccccc3o2)=[C-]C1C.[Cl-].[Cl-].[O]=[Zr+2]. The Labute approximate surface area is 146 Å². The second kappa shape index (κ2) is 8.72. The maximum atomic E-state index is 8.34. The van der Waals surface area contributed by atoms with Crippen LogP contribution >= 0.6 is 0 Å². The Morgan fingerprint density at radius 1 is 1.20 bits per heavy atom. The average molecular weight is 387 g/mol. The van der Waals surface area contributed by atoms with Gasteiger partial charge in [0.05, 0.1) is 0 Å². The summed E-state index contributed by atoms with van der Waals surface area (Å²) in [5, 5.41) is 1.15. The van der Waals surface area contributed by atoms with Crippen molar-refractivity contribution in [1.82, 2.24) is 0 Å². The maximum absolute atomic E-state index is 8.34. The molecule has 0 saturated carbocycles. The fraction of sp³-hybridized carbons (Fsp3) is 0.200. The standard InChI is InChI=1S/C15H13O.2ClH.O.Zr/c1-10-7-13(8-11(10)2)15-9-12-5-3-4-6-14(12)16-15;;;;/h3-7,9,11H,1-2H3;2*1H;;/q-1;;;;+2/p-2. The van der Waals surface area contributed by atoms with Gasteiger partial charge in [-0.05, 0) is 6.07 Å². The summed E-state index contributed by atoms with van der Waals surface area (Å²) in [4.78, 5) is 0. The molecule has 1 heterocycles. The molecule has 5 heteroatoms. The van der Waals surface area contributed by atoms with Crippen LogP contribution in [0.4, 0.5) is 0 Å². The molecule has 104 valence electrons. The van der Waals surface area contributed by atoms with Crippen LogP contribution in [0.15, 0.2) is 46.4 Å². The van der Waals surface area contributed by atoms with Gasteiger partial charge in [0.2, 0.25) is 0 Å². The summed E-state index contributed by atoms with van der Waals surface area (Å²) >= 11 is 0.300. The number of furan rings is 1. The van der Waals surface area contributed by atoms with E-state index in [2.05, 4.69) is 38.1 Å². The molecule has 0 N–H and O–H groups in total. The first-order valence-electron chi connectivity index (χ1n) is 5.75. The van der Waals surface area contributed by atoms with Crippen LogP contribution < -0.4 is 24.8 Å². The van der Waals surface area contributed by atoms with Crippen molar-refractivity contribution in [3.8, 4) is 0 Å². The zero-order valence-electron chi connectivity index (χ0n) is 11.1. The van der Waals surface area contributed by atoms with Crippen LogP contribution in [0, 0.1) is 12.0 Å². The third-order valence-electron chi connectivity index (χ3n) is 3.12. The zero-order chi connectivity index (χ0) is 13.1. The Bertz CT molecular complexity index is 599. The van der Waals surface area contributed by atoms with Gasteiger partial charge in [-0.15, -0.1) is 5.57 Å². The molecule has 20 heavy (non-hydrogen) atoms. The molecule has 1 aliphatic carbocycles. The average Bonchev–Trinajstić information content (AvgIpc) is 2.96. The summed E-state index contributed by atoms with van der Waals surface area (Å²) in [5.41, 5.74) is 3.37. The van der Waals surface area contributed by atoms with Gasteiger partial charge in [0, 0.05) is 11.1 Å². The number of hydrogen-bond donors (Lipinski definition) is 0. The topological polar surface area (TPSA) is 30.2 Å². The van der Waals surface area contributed by atoms with Crippen LogP contribution in [0.3, 0.4) is 0 Å². The molecule has 0 aliphatic heterocycles. The Balaban J connectivity index is 0.000000866. The summed E-state index contributed by atoms with van der Waals surface area (Å²) in [6.45, 7) is 4.29. The van der Waals surface area contributed by atoms with Gasteiger partial charge in [0.15, 0.2) is 0 Å². The van der Waals surface area contributed by atoms with Crippen molar-refractivity contribution in [2.24, 2.45) is 5.92 Å². The number of hydrogen-bond acceptors (Lipinski definition) is 2. The number of halogens is 2. The molecule has 0 fully saturated rings. The second-order valence-electron chi connectivity index (χ2n) is 4.32. The van der Waals surface area contributed by atoms with E-state index in [4.69, 9.17) is 7.23 Å². The van der Waals surface area contributed by atoms with E-state index in [-0.39, 0.29) is 24.8 Å². The fourth-order valence-corrected chi connectivity index (χ4v) is 2.00. The summed E-state index contributed by atoms with van der Waals surface area (Å²) in [6, 6.07) is 10.2. The van der Waals surface area contributed by atoms with Gasteiger partial charge < -0.3 is 29.2 Å². The number of benzene rings is 1. The molecule has 1 aromatic heterocycles. The quantitative estimate of drug-likeness (QED) is 0.536. The number of para-hydroxylation sites is 1. The van der Waals surface area contributed by atoms with E-state index in [0.717, 1.165) is 22.3 Å². The molecule has 1 atom stereocenters. The van der Waals surface area contributed by atoms with Crippen molar-refractivity contribution < 1.29 is 56.8 Å². The Morgan fingerprint density at radius 2 is 1.85 bits per heavy atom. The van der Waals surface area contributed by atoms with Crippen LogP contribution in [-0.2, 0) is 27.5 Å². The van der Waals surface area contributed by atoms with E-state index in [1.807, 2.05) is 18.2 Å². The van der Waals surface area contributed by atoms with Crippen molar-refractivity contribution in [1.29, 1.82) is 0 Å². The molecular formula is C15H13Cl2O2Zr-. The van der Waals surface area contributed by atoms with E-state index in [1.54, 1.807) is 0 Å². The van der Waals surface area contributed by atoms with Crippen LogP contribution in [0.25, 0.3) is 16.5 Å². The van der Waals surface area contributed by atoms with Crippen molar-refractivity contribution in [2.75, 3.05) is 0 Å². The van der Waals surface area contributed by atoms with Crippen LogP contribution in [0.2, 0.25) is 0 Å². The first kappa shape index (κ1) is 19.5. The van der Waals surface area contributed by atoms with Gasteiger partial charge in [-0.2, -0.15) is 17.7 Å². The fourth-order valence-electron chi connectivity index (χ4n) is 2.00. The molecule has 0 saturated heterocycles. The summed E-state index contributed by atoms with van der Waals surface area (Å²) in [5.74, 6) is 1.33. The molecule has 0 bridgehead atoms. The van der Waals surface area contributed by atoms with Gasteiger partial charge in [-0.25, -0.2) is 0 Å². The molecule has 2 nitrogen and oxygen atoms in total.